The van der Waals surface area contributed by atoms with E-state index in [0.717, 1.165) is 30.6 Å². The van der Waals surface area contributed by atoms with Crippen LogP contribution < -0.4 is 10.6 Å². The predicted octanol–water partition coefficient (Wildman–Crippen LogP) is 3.67. The van der Waals surface area contributed by atoms with E-state index in [-0.39, 0.29) is 11.4 Å². The topological polar surface area (TPSA) is 85.8 Å². The largest absolute Gasteiger partial charge is 0.457 e. The fraction of sp³-hybridized carbons (Fsp3) is 0.200. The van der Waals surface area contributed by atoms with Crippen molar-refractivity contribution in [2.24, 2.45) is 15.9 Å². The van der Waals surface area contributed by atoms with E-state index < -0.39 is 42.3 Å². The second-order valence-electron chi connectivity index (χ2n) is 4.90. The van der Waals surface area contributed by atoms with Crippen LogP contribution in [0, 0.1) is 5.82 Å². The van der Waals surface area contributed by atoms with Gasteiger partial charge < -0.3 is 10.6 Å². The highest BCUT2D eigenvalue weighted by molar-refractivity contribution is 6.31. The lowest BCUT2D eigenvalue weighted by atomic mass is 10.2. The summed E-state index contributed by atoms with van der Waals surface area (Å²) in [6.45, 7) is -0.440. The Bertz CT molecular complexity index is 853. The van der Waals surface area contributed by atoms with Crippen molar-refractivity contribution < 1.29 is 31.1 Å². The maximum absolute atomic E-state index is 13.2. The van der Waals surface area contributed by atoms with Crippen LogP contribution in [0.5, 0.6) is 6.01 Å². The number of aliphatic imine (C=N–C) groups is 1. The highest BCUT2D eigenvalue weighted by atomic mass is 19.4. The average Bonchev–Trinajstić information content (AvgIpc) is 2.62. The number of benzene rings is 1. The molecule has 0 radical (unpaired) electrons. The van der Waals surface area contributed by atoms with Crippen molar-refractivity contribution in [2.45, 2.75) is 12.6 Å². The monoisotopic (exact) mass is 391 g/mol. The first-order valence-corrected chi connectivity index (χ1v) is 7.12. The normalized spacial score (nSPS) is 12.8. The molecule has 2 rings (SSSR count). The van der Waals surface area contributed by atoms with Crippen molar-refractivity contribution in [1.82, 2.24) is 9.97 Å². The molecule has 144 valence electrons. The van der Waals surface area contributed by atoms with Gasteiger partial charge in [-0.15, -0.1) is 0 Å². The summed E-state index contributed by atoms with van der Waals surface area (Å²) in [6, 6.07) is 2.90. The third-order valence-corrected chi connectivity index (χ3v) is 3.02. The molecule has 0 amide bonds. The lowest BCUT2D eigenvalue weighted by Crippen LogP contribution is -2.17. The molecular formula is C15H11F6N5O. The molecule has 1 aromatic carbocycles. The molecule has 0 saturated heterocycles. The fourth-order valence-electron chi connectivity index (χ4n) is 1.74. The molecule has 0 spiro atoms. The Labute approximate surface area is 148 Å². The summed E-state index contributed by atoms with van der Waals surface area (Å²) >= 11 is 0. The first-order chi connectivity index (χ1) is 12.7. The second-order valence-corrected chi connectivity index (χ2v) is 4.90. The summed E-state index contributed by atoms with van der Waals surface area (Å²) < 4.78 is 81.2. The molecule has 0 atom stereocenters. The summed E-state index contributed by atoms with van der Waals surface area (Å²) in [5, 5.41) is 3.31. The zero-order chi connectivity index (χ0) is 20.0. The highest BCUT2D eigenvalue weighted by Gasteiger charge is 2.33. The van der Waals surface area contributed by atoms with Crippen LogP contribution in [0.2, 0.25) is 0 Å². The van der Waals surface area contributed by atoms with E-state index in [0.29, 0.717) is 6.07 Å². The highest BCUT2D eigenvalue weighted by Crippen LogP contribution is 2.28. The third-order valence-electron chi connectivity index (χ3n) is 3.02. The van der Waals surface area contributed by atoms with Gasteiger partial charge in [0.1, 0.15) is 18.1 Å². The van der Waals surface area contributed by atoms with Crippen molar-refractivity contribution in [3.05, 3.63) is 47.5 Å². The average molecular weight is 391 g/mol. The lowest BCUT2D eigenvalue weighted by molar-refractivity contribution is -0.141. The van der Waals surface area contributed by atoms with Crippen LogP contribution in [0.15, 0.2) is 40.6 Å². The van der Waals surface area contributed by atoms with Gasteiger partial charge in [0.25, 0.3) is 6.43 Å². The van der Waals surface area contributed by atoms with Gasteiger partial charge in [-0.25, -0.2) is 18.2 Å². The molecule has 0 saturated carbocycles. The Hall–Kier alpha value is -3.18. The smallest absolute Gasteiger partial charge is 0.433 e. The van der Waals surface area contributed by atoms with E-state index in [9.17, 15) is 26.3 Å². The summed E-state index contributed by atoms with van der Waals surface area (Å²) in [5.74, 6) is 4.04. The van der Waals surface area contributed by atoms with Crippen molar-refractivity contribution in [3.63, 3.8) is 0 Å². The first kappa shape index (κ1) is 20.1. The van der Waals surface area contributed by atoms with Crippen LogP contribution in [-0.4, -0.2) is 28.5 Å². The maximum atomic E-state index is 13.2. The van der Waals surface area contributed by atoms with Crippen LogP contribution in [0.25, 0.3) is 0 Å². The Morgan fingerprint density at radius 2 is 2.00 bits per heavy atom. The number of nitrogens with two attached hydrogens (primary N) is 1. The number of hydrogen-bond acceptors (Lipinski definition) is 6. The molecule has 6 nitrogen and oxygen atoms in total. The second kappa shape index (κ2) is 8.47. The summed E-state index contributed by atoms with van der Waals surface area (Å²) in [5.41, 5.74) is -2.09. The van der Waals surface area contributed by atoms with E-state index >= 15 is 0 Å². The minimum atomic E-state index is -4.67. The van der Waals surface area contributed by atoms with Crippen LogP contribution in [-0.2, 0) is 6.18 Å². The first-order valence-electron chi connectivity index (χ1n) is 7.12. The van der Waals surface area contributed by atoms with E-state index in [1.165, 1.54) is 0 Å². The molecular weight excluding hydrogens is 380 g/mol. The molecule has 0 bridgehead atoms. The maximum Gasteiger partial charge on any atom is 0.433 e. The van der Waals surface area contributed by atoms with Gasteiger partial charge in [-0.05, 0) is 24.3 Å². The quantitative estimate of drug-likeness (QED) is 0.352. The van der Waals surface area contributed by atoms with Gasteiger partial charge in [-0.3, -0.25) is 4.99 Å². The van der Waals surface area contributed by atoms with Crippen molar-refractivity contribution in [3.8, 4) is 6.01 Å². The zero-order valence-corrected chi connectivity index (χ0v) is 13.3. The number of ether oxygens (including phenoxy) is 1. The molecule has 0 aliphatic carbocycles. The van der Waals surface area contributed by atoms with Gasteiger partial charge in [0.15, 0.2) is 5.69 Å². The van der Waals surface area contributed by atoms with E-state index in [1.807, 2.05) is 0 Å². The Kier molecular flexibility index (Phi) is 6.32. The van der Waals surface area contributed by atoms with Crippen LogP contribution in [0.3, 0.4) is 0 Å². The SMILES string of the molecule is NN=C(C=Nc1ccc(F)c(C(F)F)c1)COc1nccc(C(F)(F)F)n1. The number of aromatic nitrogens is 2. The molecule has 1 aromatic heterocycles. The molecule has 0 aliphatic heterocycles. The summed E-state index contributed by atoms with van der Waals surface area (Å²) in [4.78, 5) is 10.5. The van der Waals surface area contributed by atoms with Crippen molar-refractivity contribution >= 4 is 17.6 Å². The molecule has 0 aliphatic rings. The fourth-order valence-corrected chi connectivity index (χ4v) is 1.74. The van der Waals surface area contributed by atoms with Crippen molar-refractivity contribution in [2.75, 3.05) is 6.61 Å². The standard InChI is InChI=1S/C15H11F6N5O/c16-11-2-1-8(5-10(11)13(17)18)24-6-9(26-22)7-27-14-23-4-3-12(25-14)15(19,20)21/h1-6,13H,7,22H2. The number of hydrazone groups is 1. The molecule has 2 N–H and O–H groups in total. The van der Waals surface area contributed by atoms with E-state index in [4.69, 9.17) is 10.6 Å². The van der Waals surface area contributed by atoms with Crippen LogP contribution in [0.1, 0.15) is 17.7 Å². The summed E-state index contributed by atoms with van der Waals surface area (Å²) in [6.07, 6.45) is -5.80. The van der Waals surface area contributed by atoms with Gasteiger partial charge in [0, 0.05) is 6.20 Å². The zero-order valence-electron chi connectivity index (χ0n) is 13.3. The molecule has 2 aromatic rings. The summed E-state index contributed by atoms with van der Waals surface area (Å²) in [7, 11) is 0. The Balaban J connectivity index is 2.07. The molecule has 1 heterocycles. The van der Waals surface area contributed by atoms with Crippen molar-refractivity contribution in [1.29, 1.82) is 0 Å². The molecule has 0 fully saturated rings. The number of nitrogens with zero attached hydrogens (tertiary/aromatic N) is 4. The number of hydrogen-bond donors (Lipinski definition) is 1. The lowest BCUT2D eigenvalue weighted by Gasteiger charge is -2.07. The molecule has 12 heteroatoms. The number of rotatable bonds is 6. The van der Waals surface area contributed by atoms with Crippen LogP contribution >= 0.6 is 0 Å². The van der Waals surface area contributed by atoms with E-state index in [2.05, 4.69) is 20.1 Å². The van der Waals surface area contributed by atoms with Gasteiger partial charge in [-0.2, -0.15) is 23.3 Å². The Morgan fingerprint density at radius 1 is 1.26 bits per heavy atom. The van der Waals surface area contributed by atoms with Gasteiger partial charge in [-0.1, -0.05) is 0 Å². The predicted molar refractivity (Wildman–Crippen MR) is 83.7 cm³/mol. The third kappa shape index (κ3) is 5.66. The Morgan fingerprint density at radius 3 is 2.63 bits per heavy atom. The van der Waals surface area contributed by atoms with Gasteiger partial charge in [0.2, 0.25) is 0 Å². The minimum Gasteiger partial charge on any atom is -0.457 e. The van der Waals surface area contributed by atoms with E-state index in [1.54, 1.807) is 0 Å². The van der Waals surface area contributed by atoms with Crippen LogP contribution in [0.4, 0.5) is 32.0 Å². The van der Waals surface area contributed by atoms with Gasteiger partial charge in [0.05, 0.1) is 17.5 Å². The molecule has 27 heavy (non-hydrogen) atoms. The molecule has 0 unspecified atom stereocenters. The number of halogens is 6. The number of alkyl halides is 5. The minimum absolute atomic E-state index is 0.0110. The van der Waals surface area contributed by atoms with Gasteiger partial charge >= 0.3 is 12.2 Å².